The van der Waals surface area contributed by atoms with Crippen molar-refractivity contribution in [3.8, 4) is 11.4 Å². The maximum atomic E-state index is 12.5. The number of likely N-dealkylation sites (tertiary alicyclic amines) is 1. The van der Waals surface area contributed by atoms with Gasteiger partial charge in [0.15, 0.2) is 0 Å². The molecule has 1 aliphatic heterocycles. The minimum Gasteiger partial charge on any atom is -0.342 e. The summed E-state index contributed by atoms with van der Waals surface area (Å²) in [6.45, 7) is 3.23. The van der Waals surface area contributed by atoms with Gasteiger partial charge in [0.05, 0.1) is 12.5 Å². The van der Waals surface area contributed by atoms with Crippen molar-refractivity contribution in [1.82, 2.24) is 24.9 Å². The summed E-state index contributed by atoms with van der Waals surface area (Å²) in [6.07, 6.45) is 3.57. The van der Waals surface area contributed by atoms with E-state index >= 15 is 0 Å². The van der Waals surface area contributed by atoms with Crippen molar-refractivity contribution in [2.24, 2.45) is 5.92 Å². The lowest BCUT2D eigenvalue weighted by atomic mass is 10.1. The number of hydrogen-bond acceptors (Lipinski definition) is 6. The van der Waals surface area contributed by atoms with Gasteiger partial charge in [-0.1, -0.05) is 5.16 Å². The zero-order valence-electron chi connectivity index (χ0n) is 13.7. The van der Waals surface area contributed by atoms with Gasteiger partial charge in [0.2, 0.25) is 23.5 Å². The Morgan fingerprint density at radius 1 is 1.42 bits per heavy atom. The van der Waals surface area contributed by atoms with Crippen molar-refractivity contribution in [1.29, 1.82) is 0 Å². The fourth-order valence-corrected chi connectivity index (χ4v) is 2.77. The van der Waals surface area contributed by atoms with Crippen LogP contribution in [0.3, 0.4) is 0 Å². The molecule has 126 valence electrons. The van der Waals surface area contributed by atoms with Gasteiger partial charge in [0, 0.05) is 44.5 Å². The largest absolute Gasteiger partial charge is 0.342 e. The SMILES string of the molecule is CCN1CC(C(=O)N(C)Cc2nc(-c3ccncc3)no2)CC1=O. The maximum absolute atomic E-state index is 12.5. The fourth-order valence-electron chi connectivity index (χ4n) is 2.77. The van der Waals surface area contributed by atoms with Crippen molar-refractivity contribution in [2.45, 2.75) is 19.9 Å². The number of pyridine rings is 1. The zero-order chi connectivity index (χ0) is 17.1. The van der Waals surface area contributed by atoms with Crippen molar-refractivity contribution in [3.05, 3.63) is 30.4 Å². The summed E-state index contributed by atoms with van der Waals surface area (Å²) in [5.74, 6) is 0.464. The van der Waals surface area contributed by atoms with E-state index in [2.05, 4.69) is 15.1 Å². The molecule has 1 unspecified atom stereocenters. The van der Waals surface area contributed by atoms with Gasteiger partial charge in [-0.2, -0.15) is 4.98 Å². The topological polar surface area (TPSA) is 92.4 Å². The van der Waals surface area contributed by atoms with Gasteiger partial charge in [0.25, 0.3) is 0 Å². The van der Waals surface area contributed by atoms with E-state index in [1.54, 1.807) is 36.5 Å². The number of carbonyl (C=O) groups is 2. The number of carbonyl (C=O) groups excluding carboxylic acids is 2. The molecule has 0 radical (unpaired) electrons. The summed E-state index contributed by atoms with van der Waals surface area (Å²) >= 11 is 0. The third-order valence-corrected chi connectivity index (χ3v) is 4.10. The Morgan fingerprint density at radius 2 is 2.17 bits per heavy atom. The lowest BCUT2D eigenvalue weighted by molar-refractivity contribution is -0.135. The van der Waals surface area contributed by atoms with Crippen LogP contribution in [0.1, 0.15) is 19.2 Å². The van der Waals surface area contributed by atoms with Crippen LogP contribution < -0.4 is 0 Å². The number of rotatable bonds is 5. The average molecular weight is 329 g/mol. The van der Waals surface area contributed by atoms with Crippen LogP contribution in [0.15, 0.2) is 29.0 Å². The van der Waals surface area contributed by atoms with Gasteiger partial charge < -0.3 is 14.3 Å². The molecule has 24 heavy (non-hydrogen) atoms. The van der Waals surface area contributed by atoms with Crippen LogP contribution >= 0.6 is 0 Å². The second-order valence-corrected chi connectivity index (χ2v) is 5.78. The molecule has 2 aromatic rings. The molecule has 1 saturated heterocycles. The first-order valence-electron chi connectivity index (χ1n) is 7.84. The zero-order valence-corrected chi connectivity index (χ0v) is 13.7. The third-order valence-electron chi connectivity index (χ3n) is 4.10. The predicted octanol–water partition coefficient (Wildman–Crippen LogP) is 0.958. The molecule has 1 atom stereocenters. The van der Waals surface area contributed by atoms with Crippen LogP contribution in [0.2, 0.25) is 0 Å². The van der Waals surface area contributed by atoms with Crippen molar-refractivity contribution < 1.29 is 14.1 Å². The molecule has 0 N–H and O–H groups in total. The van der Waals surface area contributed by atoms with Crippen LogP contribution in [0.25, 0.3) is 11.4 Å². The Labute approximate surface area is 139 Å². The molecule has 2 amide bonds. The van der Waals surface area contributed by atoms with Crippen LogP contribution in [0, 0.1) is 5.92 Å². The molecule has 2 aromatic heterocycles. The number of hydrogen-bond donors (Lipinski definition) is 0. The second kappa shape index (κ2) is 6.77. The predicted molar refractivity (Wildman–Crippen MR) is 84.4 cm³/mol. The van der Waals surface area contributed by atoms with Crippen molar-refractivity contribution >= 4 is 11.8 Å². The second-order valence-electron chi connectivity index (χ2n) is 5.78. The molecule has 8 heteroatoms. The van der Waals surface area contributed by atoms with E-state index in [4.69, 9.17) is 4.52 Å². The quantitative estimate of drug-likeness (QED) is 0.811. The van der Waals surface area contributed by atoms with Crippen LogP contribution in [0.4, 0.5) is 0 Å². The van der Waals surface area contributed by atoms with E-state index in [0.717, 1.165) is 5.56 Å². The van der Waals surface area contributed by atoms with Gasteiger partial charge in [-0.25, -0.2) is 0 Å². The van der Waals surface area contributed by atoms with E-state index < -0.39 is 0 Å². The number of aromatic nitrogens is 3. The highest BCUT2D eigenvalue weighted by Crippen LogP contribution is 2.20. The standard InChI is InChI=1S/C16H19N5O3/c1-3-21-9-12(8-14(21)22)16(23)20(2)10-13-18-15(19-24-13)11-4-6-17-7-5-11/h4-7,12H,3,8-10H2,1-2H3. The molecule has 0 aromatic carbocycles. The molecular weight excluding hydrogens is 310 g/mol. The number of nitrogens with zero attached hydrogens (tertiary/aromatic N) is 5. The van der Waals surface area contributed by atoms with E-state index in [-0.39, 0.29) is 30.7 Å². The highest BCUT2D eigenvalue weighted by Gasteiger charge is 2.35. The fraction of sp³-hybridized carbons (Fsp3) is 0.438. The minimum atomic E-state index is -0.301. The Bertz CT molecular complexity index is 730. The normalized spacial score (nSPS) is 17.3. The van der Waals surface area contributed by atoms with Crippen LogP contribution in [-0.2, 0) is 16.1 Å². The Balaban J connectivity index is 1.63. The van der Waals surface area contributed by atoms with E-state index in [9.17, 15) is 9.59 Å². The highest BCUT2D eigenvalue weighted by atomic mass is 16.5. The molecule has 1 aliphatic rings. The minimum absolute atomic E-state index is 0.0296. The van der Waals surface area contributed by atoms with Gasteiger partial charge >= 0.3 is 0 Å². The Kier molecular flexibility index (Phi) is 4.54. The number of amides is 2. The van der Waals surface area contributed by atoms with Crippen LogP contribution in [-0.4, -0.2) is 56.9 Å². The third kappa shape index (κ3) is 3.27. The van der Waals surface area contributed by atoms with Crippen molar-refractivity contribution in [2.75, 3.05) is 20.1 Å². The molecular formula is C16H19N5O3. The molecule has 3 heterocycles. The molecule has 0 saturated carbocycles. The molecule has 0 aliphatic carbocycles. The summed E-state index contributed by atoms with van der Waals surface area (Å²) < 4.78 is 5.21. The first kappa shape index (κ1) is 16.1. The van der Waals surface area contributed by atoms with E-state index in [1.807, 2.05) is 6.92 Å². The monoisotopic (exact) mass is 329 g/mol. The van der Waals surface area contributed by atoms with E-state index in [0.29, 0.717) is 24.8 Å². The summed E-state index contributed by atoms with van der Waals surface area (Å²) in [4.78, 5) is 35.7. The smallest absolute Gasteiger partial charge is 0.246 e. The summed E-state index contributed by atoms with van der Waals surface area (Å²) in [5.41, 5.74) is 0.800. The lowest BCUT2D eigenvalue weighted by Crippen LogP contribution is -2.34. The van der Waals surface area contributed by atoms with Gasteiger partial charge in [-0.05, 0) is 19.1 Å². The van der Waals surface area contributed by atoms with Gasteiger partial charge in [0.1, 0.15) is 0 Å². The maximum Gasteiger partial charge on any atom is 0.246 e. The molecule has 0 bridgehead atoms. The average Bonchev–Trinajstić information content (AvgIpc) is 3.21. The van der Waals surface area contributed by atoms with Crippen LogP contribution in [0.5, 0.6) is 0 Å². The molecule has 3 rings (SSSR count). The molecule has 8 nitrogen and oxygen atoms in total. The Morgan fingerprint density at radius 3 is 2.83 bits per heavy atom. The van der Waals surface area contributed by atoms with Crippen molar-refractivity contribution in [3.63, 3.8) is 0 Å². The highest BCUT2D eigenvalue weighted by molar-refractivity contribution is 5.89. The first-order chi connectivity index (χ1) is 11.6. The Hall–Kier alpha value is -2.77. The first-order valence-corrected chi connectivity index (χ1v) is 7.84. The summed E-state index contributed by atoms with van der Waals surface area (Å²) in [7, 11) is 1.68. The van der Waals surface area contributed by atoms with E-state index in [1.165, 1.54) is 4.90 Å². The summed E-state index contributed by atoms with van der Waals surface area (Å²) in [6, 6.07) is 3.57. The lowest BCUT2D eigenvalue weighted by Gasteiger charge is -2.19. The molecule has 1 fully saturated rings. The molecule has 0 spiro atoms. The summed E-state index contributed by atoms with van der Waals surface area (Å²) in [5, 5.41) is 3.92. The van der Waals surface area contributed by atoms with Gasteiger partial charge in [-0.15, -0.1) is 0 Å². The van der Waals surface area contributed by atoms with Gasteiger partial charge in [-0.3, -0.25) is 14.6 Å².